The molecule has 3 N–H and O–H groups in total. The van der Waals surface area contributed by atoms with E-state index in [2.05, 4.69) is 21.2 Å². The first-order valence-corrected chi connectivity index (χ1v) is 10.9. The molecule has 3 atom stereocenters. The first-order chi connectivity index (χ1) is 13.7. The van der Waals surface area contributed by atoms with Crippen molar-refractivity contribution in [3.8, 4) is 0 Å². The van der Waals surface area contributed by atoms with Gasteiger partial charge in [0.05, 0.1) is 23.6 Å². The SMILES string of the molecule is Cc1ccc(S(=O)(=O)N(C)CC(=O)NC2NNC(c3ccncc3)C2C)cc1C. The van der Waals surface area contributed by atoms with Gasteiger partial charge < -0.3 is 5.32 Å². The van der Waals surface area contributed by atoms with Gasteiger partial charge in [0, 0.05) is 25.4 Å². The Kier molecular flexibility index (Phi) is 6.33. The summed E-state index contributed by atoms with van der Waals surface area (Å²) < 4.78 is 26.6. The van der Waals surface area contributed by atoms with Crippen molar-refractivity contribution in [3.63, 3.8) is 0 Å². The summed E-state index contributed by atoms with van der Waals surface area (Å²) in [6.45, 7) is 5.53. The quantitative estimate of drug-likeness (QED) is 0.654. The Balaban J connectivity index is 1.62. The Morgan fingerprint density at radius 3 is 2.48 bits per heavy atom. The highest BCUT2D eigenvalue weighted by molar-refractivity contribution is 7.89. The normalized spacial score (nSPS) is 22.0. The average Bonchev–Trinajstić information content (AvgIpc) is 3.04. The second-order valence-electron chi connectivity index (χ2n) is 7.46. The third-order valence-corrected chi connectivity index (χ3v) is 7.18. The highest BCUT2D eigenvalue weighted by Crippen LogP contribution is 2.26. The van der Waals surface area contributed by atoms with Crippen LogP contribution in [0.2, 0.25) is 0 Å². The number of hydrogen-bond acceptors (Lipinski definition) is 6. The zero-order chi connectivity index (χ0) is 21.2. The molecule has 0 radical (unpaired) electrons. The van der Waals surface area contributed by atoms with Gasteiger partial charge in [-0.25, -0.2) is 19.3 Å². The molecular formula is C20H27N5O3S. The monoisotopic (exact) mass is 417 g/mol. The maximum absolute atomic E-state index is 12.8. The number of aryl methyl sites for hydroxylation is 2. The van der Waals surface area contributed by atoms with E-state index in [9.17, 15) is 13.2 Å². The van der Waals surface area contributed by atoms with Gasteiger partial charge in [0.2, 0.25) is 15.9 Å². The molecule has 0 bridgehead atoms. The number of carbonyl (C=O) groups excluding carboxylic acids is 1. The summed E-state index contributed by atoms with van der Waals surface area (Å²) in [6, 6.07) is 8.82. The fourth-order valence-corrected chi connectivity index (χ4v) is 4.53. The zero-order valence-electron chi connectivity index (χ0n) is 17.0. The Morgan fingerprint density at radius 1 is 1.14 bits per heavy atom. The summed E-state index contributed by atoms with van der Waals surface area (Å²) in [6.07, 6.45) is 3.13. The van der Waals surface area contributed by atoms with Gasteiger partial charge in [-0.3, -0.25) is 9.78 Å². The Bertz CT molecular complexity index is 981. The first kappa shape index (κ1) is 21.4. The molecule has 1 aliphatic rings. The summed E-state index contributed by atoms with van der Waals surface area (Å²) in [7, 11) is -2.33. The molecular weight excluding hydrogens is 390 g/mol. The summed E-state index contributed by atoms with van der Waals surface area (Å²) in [5, 5.41) is 2.87. The summed E-state index contributed by atoms with van der Waals surface area (Å²) in [5.41, 5.74) is 9.21. The maximum atomic E-state index is 12.8. The van der Waals surface area contributed by atoms with Crippen molar-refractivity contribution in [1.29, 1.82) is 0 Å². The lowest BCUT2D eigenvalue weighted by Crippen LogP contribution is -2.49. The molecule has 3 rings (SSSR count). The molecule has 1 fully saturated rings. The number of aromatic nitrogens is 1. The molecule has 0 spiro atoms. The molecule has 2 heterocycles. The molecule has 2 aromatic rings. The van der Waals surface area contributed by atoms with Gasteiger partial charge in [0.25, 0.3) is 0 Å². The van der Waals surface area contributed by atoms with Crippen LogP contribution in [0.3, 0.4) is 0 Å². The fourth-order valence-electron chi connectivity index (χ4n) is 3.32. The number of nitrogens with zero attached hydrogens (tertiary/aromatic N) is 2. The zero-order valence-corrected chi connectivity index (χ0v) is 17.8. The molecule has 1 aliphatic heterocycles. The van der Waals surface area contributed by atoms with Gasteiger partial charge in [-0.15, -0.1) is 0 Å². The Hall–Kier alpha value is -2.33. The van der Waals surface area contributed by atoms with E-state index < -0.39 is 10.0 Å². The molecule has 1 amide bonds. The number of likely N-dealkylation sites (N-methyl/N-ethyl adjacent to an activating group) is 1. The van der Waals surface area contributed by atoms with Crippen LogP contribution in [0.5, 0.6) is 0 Å². The van der Waals surface area contributed by atoms with E-state index in [1.165, 1.54) is 7.05 Å². The van der Waals surface area contributed by atoms with E-state index in [-0.39, 0.29) is 35.5 Å². The average molecular weight is 418 g/mol. The number of benzene rings is 1. The van der Waals surface area contributed by atoms with E-state index in [4.69, 9.17) is 0 Å². The number of pyridine rings is 1. The number of carbonyl (C=O) groups is 1. The lowest BCUT2D eigenvalue weighted by molar-refractivity contribution is -0.122. The number of rotatable bonds is 6. The molecule has 3 unspecified atom stereocenters. The topological polar surface area (TPSA) is 103 Å². The minimum Gasteiger partial charge on any atom is -0.338 e. The third-order valence-electron chi connectivity index (χ3n) is 5.38. The van der Waals surface area contributed by atoms with E-state index in [1.54, 1.807) is 30.6 Å². The molecule has 1 saturated heterocycles. The van der Waals surface area contributed by atoms with Crippen LogP contribution in [0, 0.1) is 19.8 Å². The predicted octanol–water partition coefficient (Wildman–Crippen LogP) is 1.25. The lowest BCUT2D eigenvalue weighted by Gasteiger charge is -2.22. The summed E-state index contributed by atoms with van der Waals surface area (Å²) in [5.74, 6) is -0.315. The van der Waals surface area contributed by atoms with Crippen molar-refractivity contribution in [2.75, 3.05) is 13.6 Å². The molecule has 1 aromatic heterocycles. The van der Waals surface area contributed by atoms with Crippen LogP contribution in [0.4, 0.5) is 0 Å². The van der Waals surface area contributed by atoms with E-state index in [0.717, 1.165) is 21.0 Å². The first-order valence-electron chi connectivity index (χ1n) is 9.44. The highest BCUT2D eigenvalue weighted by atomic mass is 32.2. The van der Waals surface area contributed by atoms with Crippen molar-refractivity contribution in [1.82, 2.24) is 25.5 Å². The standard InChI is InChI=1S/C20H27N5O3S/c1-13-5-6-17(11-14(13)2)29(27,28)25(4)12-18(26)22-20-15(3)19(23-24-20)16-7-9-21-10-8-16/h5-11,15,19-20,23-24H,12H2,1-4H3,(H,22,26). The minimum atomic E-state index is -3.74. The number of hydrogen-bond donors (Lipinski definition) is 3. The fraction of sp³-hybridized carbons (Fsp3) is 0.400. The van der Waals surface area contributed by atoms with Crippen LogP contribution >= 0.6 is 0 Å². The van der Waals surface area contributed by atoms with Crippen molar-refractivity contribution < 1.29 is 13.2 Å². The Labute approximate surface area is 171 Å². The van der Waals surface area contributed by atoms with Crippen molar-refractivity contribution in [3.05, 3.63) is 59.4 Å². The second kappa shape index (κ2) is 8.58. The minimum absolute atomic E-state index is 0.0142. The lowest BCUT2D eigenvalue weighted by atomic mass is 9.95. The number of nitrogens with one attached hydrogen (secondary N) is 3. The second-order valence-corrected chi connectivity index (χ2v) is 9.50. The van der Waals surface area contributed by atoms with Crippen LogP contribution in [0.15, 0.2) is 47.6 Å². The van der Waals surface area contributed by atoms with Gasteiger partial charge in [-0.2, -0.15) is 4.31 Å². The van der Waals surface area contributed by atoms with Crippen molar-refractivity contribution >= 4 is 15.9 Å². The van der Waals surface area contributed by atoms with Crippen molar-refractivity contribution in [2.24, 2.45) is 5.92 Å². The van der Waals surface area contributed by atoms with Crippen LogP contribution in [0.25, 0.3) is 0 Å². The van der Waals surface area contributed by atoms with Gasteiger partial charge >= 0.3 is 0 Å². The van der Waals surface area contributed by atoms with Gasteiger partial charge in [-0.1, -0.05) is 13.0 Å². The number of hydrazine groups is 1. The van der Waals surface area contributed by atoms with Crippen LogP contribution < -0.4 is 16.2 Å². The number of sulfonamides is 1. The maximum Gasteiger partial charge on any atom is 0.243 e. The van der Waals surface area contributed by atoms with E-state index in [0.29, 0.717) is 0 Å². The summed E-state index contributed by atoms with van der Waals surface area (Å²) in [4.78, 5) is 16.7. The van der Waals surface area contributed by atoms with Crippen molar-refractivity contribution in [2.45, 2.75) is 37.9 Å². The Morgan fingerprint density at radius 2 is 1.83 bits per heavy atom. The number of amides is 1. The molecule has 156 valence electrons. The van der Waals surface area contributed by atoms with Crippen LogP contribution in [-0.2, 0) is 14.8 Å². The molecule has 0 aliphatic carbocycles. The third kappa shape index (κ3) is 4.64. The van der Waals surface area contributed by atoms with Crippen LogP contribution in [0.1, 0.15) is 29.7 Å². The largest absolute Gasteiger partial charge is 0.338 e. The molecule has 0 saturated carbocycles. The van der Waals surface area contributed by atoms with E-state index >= 15 is 0 Å². The molecule has 1 aromatic carbocycles. The van der Waals surface area contributed by atoms with Gasteiger partial charge in [0.1, 0.15) is 0 Å². The van der Waals surface area contributed by atoms with Gasteiger partial charge in [-0.05, 0) is 54.8 Å². The smallest absolute Gasteiger partial charge is 0.243 e. The molecule has 9 heteroatoms. The molecule has 29 heavy (non-hydrogen) atoms. The molecule has 8 nitrogen and oxygen atoms in total. The highest BCUT2D eigenvalue weighted by Gasteiger charge is 2.34. The van der Waals surface area contributed by atoms with E-state index in [1.807, 2.05) is 32.9 Å². The summed E-state index contributed by atoms with van der Waals surface area (Å²) >= 11 is 0. The predicted molar refractivity (Wildman–Crippen MR) is 110 cm³/mol. The van der Waals surface area contributed by atoms with Gasteiger partial charge in [0.15, 0.2) is 0 Å². The van der Waals surface area contributed by atoms with Crippen LogP contribution in [-0.4, -0.2) is 43.4 Å².